The van der Waals surface area contributed by atoms with Gasteiger partial charge in [-0.15, -0.1) is 0 Å². The zero-order valence-electron chi connectivity index (χ0n) is 7.76. The van der Waals surface area contributed by atoms with E-state index in [-0.39, 0.29) is 0 Å². The topological polar surface area (TPSA) is 35.8 Å². The zero-order chi connectivity index (χ0) is 9.97. The molecule has 0 bridgehead atoms. The van der Waals surface area contributed by atoms with Crippen LogP contribution in [0.25, 0.3) is 0 Å². The normalized spacial score (nSPS) is 14.9. The molecule has 1 aromatic rings. The van der Waals surface area contributed by atoms with Crippen molar-refractivity contribution < 1.29 is 0 Å². The van der Waals surface area contributed by atoms with E-state index in [0.29, 0.717) is 10.6 Å². The van der Waals surface area contributed by atoms with Gasteiger partial charge in [-0.1, -0.05) is 11.6 Å². The van der Waals surface area contributed by atoms with E-state index in [4.69, 9.17) is 16.9 Å². The Kier molecular flexibility index (Phi) is 2.60. The maximum atomic E-state index is 8.68. The van der Waals surface area contributed by atoms with Gasteiger partial charge in [0, 0.05) is 12.2 Å². The Hall–Kier alpha value is -1.20. The molecule has 1 aliphatic carbocycles. The van der Waals surface area contributed by atoms with Crippen molar-refractivity contribution >= 4 is 17.3 Å². The predicted octanol–water partition coefficient (Wildman–Crippen LogP) is 3.03. The van der Waals surface area contributed by atoms with E-state index in [2.05, 4.69) is 5.32 Å². The highest BCUT2D eigenvalue weighted by Gasteiger charge is 2.20. The lowest BCUT2D eigenvalue weighted by atomic mass is 10.2. The highest BCUT2D eigenvalue weighted by Crippen LogP contribution is 2.29. The van der Waals surface area contributed by atoms with Crippen molar-refractivity contribution in [3.05, 3.63) is 28.8 Å². The van der Waals surface area contributed by atoms with Crippen molar-refractivity contribution in [1.29, 1.82) is 5.26 Å². The van der Waals surface area contributed by atoms with Gasteiger partial charge in [0.25, 0.3) is 0 Å². The second-order valence-corrected chi connectivity index (χ2v) is 4.04. The fourth-order valence-corrected chi connectivity index (χ4v) is 1.52. The smallest absolute Gasteiger partial charge is 0.101 e. The molecule has 0 aromatic heterocycles. The minimum atomic E-state index is 0.522. The Bertz CT molecular complexity index is 377. The lowest BCUT2D eigenvalue weighted by Crippen LogP contribution is -2.02. The number of nitrogens with zero attached hydrogens (tertiary/aromatic N) is 1. The van der Waals surface area contributed by atoms with Crippen LogP contribution in [0.3, 0.4) is 0 Å². The second kappa shape index (κ2) is 3.89. The number of anilines is 1. The van der Waals surface area contributed by atoms with Crippen LogP contribution < -0.4 is 5.32 Å². The van der Waals surface area contributed by atoms with Gasteiger partial charge >= 0.3 is 0 Å². The third-order valence-electron chi connectivity index (χ3n) is 2.38. The van der Waals surface area contributed by atoms with Gasteiger partial charge in [-0.25, -0.2) is 0 Å². The van der Waals surface area contributed by atoms with Crippen LogP contribution in [0, 0.1) is 17.2 Å². The number of hydrogen-bond donors (Lipinski definition) is 1. The van der Waals surface area contributed by atoms with Gasteiger partial charge in [-0.3, -0.25) is 0 Å². The van der Waals surface area contributed by atoms with Gasteiger partial charge in [-0.05, 0) is 37.0 Å². The molecule has 0 amide bonds. The van der Waals surface area contributed by atoms with Gasteiger partial charge in [0.1, 0.15) is 6.07 Å². The van der Waals surface area contributed by atoms with Crippen LogP contribution in [0.15, 0.2) is 18.2 Å². The number of nitriles is 1. The quantitative estimate of drug-likeness (QED) is 0.825. The molecule has 1 aliphatic rings. The summed E-state index contributed by atoms with van der Waals surface area (Å²) in [6.45, 7) is 1.02. The summed E-state index contributed by atoms with van der Waals surface area (Å²) in [6.07, 6.45) is 2.66. The van der Waals surface area contributed by atoms with Crippen LogP contribution in [0.4, 0.5) is 5.69 Å². The van der Waals surface area contributed by atoms with Crippen LogP contribution in [0.5, 0.6) is 0 Å². The molecule has 1 aromatic carbocycles. The third kappa shape index (κ3) is 2.18. The molecule has 0 heterocycles. The van der Waals surface area contributed by atoms with E-state index >= 15 is 0 Å². The van der Waals surface area contributed by atoms with Crippen molar-refractivity contribution in [1.82, 2.24) is 0 Å². The van der Waals surface area contributed by atoms with E-state index in [1.54, 1.807) is 6.07 Å². The SMILES string of the molecule is N#Cc1ccc(NCC2CC2)cc1Cl. The first kappa shape index (κ1) is 9.36. The van der Waals surface area contributed by atoms with Gasteiger partial charge in [0.2, 0.25) is 0 Å². The molecule has 0 atom stereocenters. The maximum Gasteiger partial charge on any atom is 0.101 e. The summed E-state index contributed by atoms with van der Waals surface area (Å²) in [5.74, 6) is 0.837. The first-order valence-electron chi connectivity index (χ1n) is 4.73. The molecule has 2 rings (SSSR count). The molecule has 0 radical (unpaired) electrons. The summed E-state index contributed by atoms with van der Waals surface area (Å²) in [4.78, 5) is 0. The van der Waals surface area contributed by atoms with E-state index in [9.17, 15) is 0 Å². The second-order valence-electron chi connectivity index (χ2n) is 3.63. The zero-order valence-corrected chi connectivity index (χ0v) is 8.51. The highest BCUT2D eigenvalue weighted by atomic mass is 35.5. The molecule has 0 aliphatic heterocycles. The molecule has 14 heavy (non-hydrogen) atoms. The summed E-state index contributed by atoms with van der Waals surface area (Å²) in [5.41, 5.74) is 1.53. The summed E-state index contributed by atoms with van der Waals surface area (Å²) < 4.78 is 0. The van der Waals surface area contributed by atoms with E-state index in [1.165, 1.54) is 12.8 Å². The van der Waals surface area contributed by atoms with Gasteiger partial charge in [-0.2, -0.15) is 5.26 Å². The monoisotopic (exact) mass is 206 g/mol. The summed E-state index contributed by atoms with van der Waals surface area (Å²) in [7, 11) is 0. The largest absolute Gasteiger partial charge is 0.385 e. The van der Waals surface area contributed by atoms with Crippen LogP contribution in [-0.4, -0.2) is 6.54 Å². The van der Waals surface area contributed by atoms with Gasteiger partial charge < -0.3 is 5.32 Å². The highest BCUT2D eigenvalue weighted by molar-refractivity contribution is 6.32. The van der Waals surface area contributed by atoms with Gasteiger partial charge in [0.05, 0.1) is 10.6 Å². The number of rotatable bonds is 3. The number of benzene rings is 1. The lowest BCUT2D eigenvalue weighted by molar-refractivity contribution is 0.889. The fourth-order valence-electron chi connectivity index (χ4n) is 1.30. The van der Waals surface area contributed by atoms with Crippen molar-refractivity contribution in [2.45, 2.75) is 12.8 Å². The molecular weight excluding hydrogens is 196 g/mol. The summed E-state index contributed by atoms with van der Waals surface area (Å²) in [5, 5.41) is 12.5. The van der Waals surface area contributed by atoms with Crippen molar-refractivity contribution in [2.24, 2.45) is 5.92 Å². The molecule has 0 unspecified atom stereocenters. The van der Waals surface area contributed by atoms with Crippen LogP contribution in [-0.2, 0) is 0 Å². The Morgan fingerprint density at radius 1 is 1.50 bits per heavy atom. The molecule has 72 valence electrons. The summed E-state index contributed by atoms with van der Waals surface area (Å²) in [6, 6.07) is 7.49. The van der Waals surface area contributed by atoms with Crippen molar-refractivity contribution in [3.8, 4) is 6.07 Å². The first-order chi connectivity index (χ1) is 6.79. The maximum absolute atomic E-state index is 8.68. The van der Waals surface area contributed by atoms with E-state index < -0.39 is 0 Å². The Labute approximate surface area is 88.5 Å². The molecule has 0 saturated heterocycles. The standard InChI is InChI=1S/C11H11ClN2/c12-11-5-10(4-3-9(11)6-13)14-7-8-1-2-8/h3-5,8,14H,1-2,7H2. The van der Waals surface area contributed by atoms with Crippen LogP contribution in [0.2, 0.25) is 5.02 Å². The Morgan fingerprint density at radius 2 is 2.29 bits per heavy atom. The molecule has 0 spiro atoms. The average molecular weight is 207 g/mol. The van der Waals surface area contributed by atoms with Crippen LogP contribution >= 0.6 is 11.6 Å². The first-order valence-corrected chi connectivity index (χ1v) is 5.11. The number of hydrogen-bond acceptors (Lipinski definition) is 2. The molecule has 2 nitrogen and oxygen atoms in total. The third-order valence-corrected chi connectivity index (χ3v) is 2.69. The van der Waals surface area contributed by atoms with Crippen LogP contribution in [0.1, 0.15) is 18.4 Å². The Morgan fingerprint density at radius 3 is 2.86 bits per heavy atom. The summed E-state index contributed by atoms with van der Waals surface area (Å²) >= 11 is 5.90. The average Bonchev–Trinajstić information content (AvgIpc) is 2.98. The minimum Gasteiger partial charge on any atom is -0.385 e. The molecular formula is C11H11ClN2. The van der Waals surface area contributed by atoms with Gasteiger partial charge in [0.15, 0.2) is 0 Å². The lowest BCUT2D eigenvalue weighted by Gasteiger charge is -2.05. The van der Waals surface area contributed by atoms with Crippen molar-refractivity contribution in [3.63, 3.8) is 0 Å². The fraction of sp³-hybridized carbons (Fsp3) is 0.364. The van der Waals surface area contributed by atoms with Crippen molar-refractivity contribution in [2.75, 3.05) is 11.9 Å². The minimum absolute atomic E-state index is 0.522. The van der Waals surface area contributed by atoms with E-state index in [0.717, 1.165) is 18.2 Å². The predicted molar refractivity (Wildman–Crippen MR) is 57.4 cm³/mol. The number of halogens is 1. The molecule has 1 N–H and O–H groups in total. The Balaban J connectivity index is 2.03. The molecule has 3 heteroatoms. The number of nitrogens with one attached hydrogen (secondary N) is 1. The van der Waals surface area contributed by atoms with E-state index in [1.807, 2.05) is 18.2 Å². The molecule has 1 fully saturated rings. The molecule has 1 saturated carbocycles.